The van der Waals surface area contributed by atoms with Crippen LogP contribution in [0.2, 0.25) is 0 Å². The van der Waals surface area contributed by atoms with Crippen LogP contribution in [-0.2, 0) is 0 Å². The van der Waals surface area contributed by atoms with Gasteiger partial charge in [0.15, 0.2) is 0 Å². The molecule has 0 spiro atoms. The molecule has 2 nitrogen and oxygen atoms in total. The first-order valence-electron chi connectivity index (χ1n) is 4.13. The molecule has 0 heterocycles. The van der Waals surface area contributed by atoms with Crippen LogP contribution in [0.5, 0.6) is 5.75 Å². The summed E-state index contributed by atoms with van der Waals surface area (Å²) in [5.74, 6) is 0.829. The van der Waals surface area contributed by atoms with Gasteiger partial charge in [-0.25, -0.2) is 0 Å². The number of ether oxygens (including phenoxy) is 1. The molecule has 66 valence electrons. The molecule has 2 heteroatoms. The van der Waals surface area contributed by atoms with E-state index in [1.807, 2.05) is 36.4 Å². The monoisotopic (exact) mass is 173 g/mol. The smallest absolute Gasteiger partial charge is 0.128 e. The lowest BCUT2D eigenvalue weighted by molar-refractivity contribution is 0.420. The number of fused-ring (bicyclic) bond motifs is 1. The van der Waals surface area contributed by atoms with Gasteiger partial charge in [0.1, 0.15) is 5.75 Å². The van der Waals surface area contributed by atoms with Gasteiger partial charge in [-0.1, -0.05) is 24.3 Å². The van der Waals surface area contributed by atoms with E-state index in [1.54, 1.807) is 7.11 Å². The molecule has 0 aliphatic heterocycles. The Labute approximate surface area is 76.9 Å². The van der Waals surface area contributed by atoms with Crippen molar-refractivity contribution in [2.45, 2.75) is 0 Å². The number of nitrogen functional groups attached to an aromatic ring is 1. The van der Waals surface area contributed by atoms with Gasteiger partial charge in [-0.15, -0.1) is 0 Å². The number of rotatable bonds is 1. The number of methoxy groups -OCH3 is 1. The second-order valence-corrected chi connectivity index (χ2v) is 2.94. The molecule has 0 aliphatic carbocycles. The molecule has 0 radical (unpaired) electrons. The summed E-state index contributed by atoms with van der Waals surface area (Å²) >= 11 is 0. The van der Waals surface area contributed by atoms with E-state index in [4.69, 9.17) is 10.5 Å². The fraction of sp³-hybridized carbons (Fsp3) is 0.0909. The zero-order valence-electron chi connectivity index (χ0n) is 7.45. The topological polar surface area (TPSA) is 35.2 Å². The lowest BCUT2D eigenvalue weighted by Crippen LogP contribution is -1.89. The Morgan fingerprint density at radius 3 is 2.69 bits per heavy atom. The van der Waals surface area contributed by atoms with E-state index in [0.717, 1.165) is 22.2 Å². The minimum Gasteiger partial charge on any atom is -0.496 e. The van der Waals surface area contributed by atoms with Crippen LogP contribution in [-0.4, -0.2) is 7.11 Å². The van der Waals surface area contributed by atoms with Crippen LogP contribution < -0.4 is 10.5 Å². The van der Waals surface area contributed by atoms with E-state index in [1.165, 1.54) is 0 Å². The molecule has 2 rings (SSSR count). The van der Waals surface area contributed by atoms with Crippen molar-refractivity contribution < 1.29 is 4.74 Å². The van der Waals surface area contributed by atoms with E-state index in [2.05, 4.69) is 0 Å². The molecule has 0 fully saturated rings. The third-order valence-electron chi connectivity index (χ3n) is 2.07. The van der Waals surface area contributed by atoms with Gasteiger partial charge < -0.3 is 10.5 Å². The predicted molar refractivity (Wildman–Crippen MR) is 54.9 cm³/mol. The van der Waals surface area contributed by atoms with E-state index in [-0.39, 0.29) is 0 Å². The molecule has 2 aromatic rings. The Morgan fingerprint density at radius 1 is 1.15 bits per heavy atom. The van der Waals surface area contributed by atoms with Gasteiger partial charge in [-0.3, -0.25) is 0 Å². The first-order chi connectivity index (χ1) is 6.31. The third-order valence-corrected chi connectivity index (χ3v) is 2.07. The lowest BCUT2D eigenvalue weighted by Gasteiger charge is -2.06. The normalized spacial score (nSPS) is 10.2. The maximum absolute atomic E-state index is 5.72. The number of nitrogens with two attached hydrogens (primary N) is 1. The highest BCUT2D eigenvalue weighted by Crippen LogP contribution is 2.27. The summed E-state index contributed by atoms with van der Waals surface area (Å²) < 4.78 is 5.23. The van der Waals surface area contributed by atoms with Gasteiger partial charge >= 0.3 is 0 Å². The van der Waals surface area contributed by atoms with Crippen LogP contribution in [0, 0.1) is 0 Å². The summed E-state index contributed by atoms with van der Waals surface area (Å²) in [7, 11) is 1.65. The van der Waals surface area contributed by atoms with Crippen molar-refractivity contribution in [2.24, 2.45) is 0 Å². The standard InChI is InChI=1S/C11H11NO/c1-13-11-7-9(12)6-8-4-2-3-5-10(8)11/h2-7H,12H2,1H3. The van der Waals surface area contributed by atoms with Gasteiger partial charge in [0.05, 0.1) is 7.11 Å². The van der Waals surface area contributed by atoms with E-state index in [9.17, 15) is 0 Å². The van der Waals surface area contributed by atoms with Crippen molar-refractivity contribution in [3.8, 4) is 5.75 Å². The minimum absolute atomic E-state index is 0.732. The quantitative estimate of drug-likeness (QED) is 0.672. The van der Waals surface area contributed by atoms with Crippen LogP contribution in [0.3, 0.4) is 0 Å². The molecule has 2 aromatic carbocycles. The van der Waals surface area contributed by atoms with Gasteiger partial charge in [0.2, 0.25) is 0 Å². The van der Waals surface area contributed by atoms with Crippen LogP contribution in [0.1, 0.15) is 0 Å². The van der Waals surface area contributed by atoms with Crippen molar-refractivity contribution in [3.05, 3.63) is 36.4 Å². The first kappa shape index (κ1) is 7.92. The predicted octanol–water partition coefficient (Wildman–Crippen LogP) is 2.43. The van der Waals surface area contributed by atoms with Crippen molar-refractivity contribution in [3.63, 3.8) is 0 Å². The fourth-order valence-electron chi connectivity index (χ4n) is 1.47. The van der Waals surface area contributed by atoms with Crippen LogP contribution >= 0.6 is 0 Å². The SMILES string of the molecule is COc1cc(N)cc2ccccc12. The number of hydrogen-bond donors (Lipinski definition) is 1. The van der Waals surface area contributed by atoms with Gasteiger partial charge in [0.25, 0.3) is 0 Å². The second kappa shape index (κ2) is 2.98. The maximum Gasteiger partial charge on any atom is 0.128 e. The Hall–Kier alpha value is -1.70. The highest BCUT2D eigenvalue weighted by molar-refractivity contribution is 5.91. The van der Waals surface area contributed by atoms with Gasteiger partial charge in [0, 0.05) is 17.1 Å². The zero-order valence-corrected chi connectivity index (χ0v) is 7.45. The Balaban J connectivity index is 2.81. The van der Waals surface area contributed by atoms with E-state index in [0.29, 0.717) is 0 Å². The molecule has 0 aromatic heterocycles. The molecule has 0 unspecified atom stereocenters. The average Bonchev–Trinajstić information content (AvgIpc) is 2.16. The molecule has 0 aliphatic rings. The summed E-state index contributed by atoms with van der Waals surface area (Å²) in [6, 6.07) is 11.8. The Morgan fingerprint density at radius 2 is 1.92 bits per heavy atom. The van der Waals surface area contributed by atoms with Crippen LogP contribution in [0.4, 0.5) is 5.69 Å². The van der Waals surface area contributed by atoms with Crippen molar-refractivity contribution in [1.82, 2.24) is 0 Å². The maximum atomic E-state index is 5.72. The summed E-state index contributed by atoms with van der Waals surface area (Å²) in [4.78, 5) is 0. The van der Waals surface area contributed by atoms with Gasteiger partial charge in [-0.05, 0) is 11.5 Å². The summed E-state index contributed by atoms with van der Waals surface area (Å²) in [5, 5.41) is 2.21. The lowest BCUT2D eigenvalue weighted by atomic mass is 10.1. The molecule has 2 N–H and O–H groups in total. The number of hydrogen-bond acceptors (Lipinski definition) is 2. The zero-order chi connectivity index (χ0) is 9.26. The Bertz CT molecular complexity index is 437. The molecule has 0 bridgehead atoms. The fourth-order valence-corrected chi connectivity index (χ4v) is 1.47. The Kier molecular flexibility index (Phi) is 1.81. The molecule has 0 saturated heterocycles. The summed E-state index contributed by atoms with van der Waals surface area (Å²) in [6.45, 7) is 0. The average molecular weight is 173 g/mol. The molecule has 13 heavy (non-hydrogen) atoms. The summed E-state index contributed by atoms with van der Waals surface area (Å²) in [6.07, 6.45) is 0. The van der Waals surface area contributed by atoms with Crippen molar-refractivity contribution in [2.75, 3.05) is 12.8 Å². The molecular weight excluding hydrogens is 162 g/mol. The van der Waals surface area contributed by atoms with Crippen molar-refractivity contribution in [1.29, 1.82) is 0 Å². The molecule has 0 atom stereocenters. The number of anilines is 1. The minimum atomic E-state index is 0.732. The van der Waals surface area contributed by atoms with Crippen LogP contribution in [0.25, 0.3) is 10.8 Å². The van der Waals surface area contributed by atoms with Crippen LogP contribution in [0.15, 0.2) is 36.4 Å². The van der Waals surface area contributed by atoms with E-state index < -0.39 is 0 Å². The van der Waals surface area contributed by atoms with Crippen molar-refractivity contribution >= 4 is 16.5 Å². The second-order valence-electron chi connectivity index (χ2n) is 2.94. The van der Waals surface area contributed by atoms with Gasteiger partial charge in [-0.2, -0.15) is 0 Å². The molecule has 0 amide bonds. The molecular formula is C11H11NO. The summed E-state index contributed by atoms with van der Waals surface area (Å²) in [5.41, 5.74) is 6.45. The third kappa shape index (κ3) is 1.31. The van der Waals surface area contributed by atoms with E-state index >= 15 is 0 Å². The highest BCUT2D eigenvalue weighted by Gasteiger charge is 2.00. The highest BCUT2D eigenvalue weighted by atomic mass is 16.5. The largest absolute Gasteiger partial charge is 0.496 e. The molecule has 0 saturated carbocycles. The first-order valence-corrected chi connectivity index (χ1v) is 4.13. The number of benzene rings is 2.